The molecule has 0 heterocycles. The molecule has 0 bridgehead atoms. The van der Waals surface area contributed by atoms with Gasteiger partial charge in [0.05, 0.1) is 0 Å². The highest BCUT2D eigenvalue weighted by Gasteiger charge is 2.10. The maximum Gasteiger partial charge on any atom is 0.123 e. The molecule has 1 aromatic carbocycles. The molecule has 1 N–H and O–H groups in total. The van der Waals surface area contributed by atoms with Gasteiger partial charge in [-0.1, -0.05) is 44.7 Å². The summed E-state index contributed by atoms with van der Waals surface area (Å²) < 4.78 is 13.2. The van der Waals surface area contributed by atoms with E-state index < -0.39 is 0 Å². The number of benzene rings is 1. The molecule has 1 nitrogen and oxygen atoms in total. The standard InChI is InChI=1S/C15H24FN/c1-3-4-5-6-8-14(12-17-2)13-9-7-10-15(16)11-13/h7,9-11,14,17H,3-6,8,12H2,1-2H3. The third-order valence-corrected chi connectivity index (χ3v) is 3.18. The first-order valence-electron chi connectivity index (χ1n) is 6.68. The normalized spacial score (nSPS) is 12.6. The molecule has 1 aromatic rings. The van der Waals surface area contributed by atoms with E-state index in [0.29, 0.717) is 5.92 Å². The topological polar surface area (TPSA) is 12.0 Å². The first-order chi connectivity index (χ1) is 8.27. The van der Waals surface area contributed by atoms with Crippen LogP contribution in [-0.4, -0.2) is 13.6 Å². The van der Waals surface area contributed by atoms with Crippen LogP contribution in [0.25, 0.3) is 0 Å². The Morgan fingerprint density at radius 2 is 2.06 bits per heavy atom. The Balaban J connectivity index is 2.52. The maximum atomic E-state index is 13.2. The molecule has 0 aromatic heterocycles. The van der Waals surface area contributed by atoms with E-state index in [1.807, 2.05) is 13.1 Å². The minimum absolute atomic E-state index is 0.128. The predicted molar refractivity (Wildman–Crippen MR) is 71.8 cm³/mol. The maximum absolute atomic E-state index is 13.2. The second kappa shape index (κ2) is 8.24. The molecule has 0 amide bonds. The van der Waals surface area contributed by atoms with Crippen molar-refractivity contribution in [3.63, 3.8) is 0 Å². The molecule has 0 aliphatic rings. The first kappa shape index (κ1) is 14.2. The van der Waals surface area contributed by atoms with Crippen LogP contribution in [0, 0.1) is 5.82 Å². The van der Waals surface area contributed by atoms with Crippen LogP contribution in [0.2, 0.25) is 0 Å². The number of unbranched alkanes of at least 4 members (excludes halogenated alkanes) is 3. The van der Waals surface area contributed by atoms with Crippen LogP contribution < -0.4 is 5.32 Å². The smallest absolute Gasteiger partial charge is 0.123 e. The molecule has 0 aliphatic carbocycles. The van der Waals surface area contributed by atoms with Crippen molar-refractivity contribution >= 4 is 0 Å². The first-order valence-corrected chi connectivity index (χ1v) is 6.68. The third kappa shape index (κ3) is 5.31. The van der Waals surface area contributed by atoms with Crippen molar-refractivity contribution in [3.8, 4) is 0 Å². The summed E-state index contributed by atoms with van der Waals surface area (Å²) in [4.78, 5) is 0. The number of hydrogen-bond donors (Lipinski definition) is 1. The summed E-state index contributed by atoms with van der Waals surface area (Å²) in [5, 5.41) is 3.20. The van der Waals surface area contributed by atoms with E-state index in [2.05, 4.69) is 12.2 Å². The number of likely N-dealkylation sites (N-methyl/N-ethyl adjacent to an activating group) is 1. The van der Waals surface area contributed by atoms with Gasteiger partial charge in [0.1, 0.15) is 5.82 Å². The molecule has 0 radical (unpaired) electrons. The molecule has 0 saturated carbocycles. The highest BCUT2D eigenvalue weighted by atomic mass is 19.1. The van der Waals surface area contributed by atoms with Crippen LogP contribution in [-0.2, 0) is 0 Å². The molecule has 0 aliphatic heterocycles. The summed E-state index contributed by atoms with van der Waals surface area (Å²) in [6.07, 6.45) is 6.22. The summed E-state index contributed by atoms with van der Waals surface area (Å²) >= 11 is 0. The highest BCUT2D eigenvalue weighted by molar-refractivity contribution is 5.21. The molecule has 1 atom stereocenters. The molecule has 2 heteroatoms. The fourth-order valence-electron chi connectivity index (χ4n) is 2.21. The minimum Gasteiger partial charge on any atom is -0.319 e. The SMILES string of the molecule is CCCCCCC(CNC)c1cccc(F)c1. The molecule has 1 rings (SSSR count). The van der Waals surface area contributed by atoms with Gasteiger partial charge < -0.3 is 5.32 Å². The zero-order chi connectivity index (χ0) is 12.5. The van der Waals surface area contributed by atoms with Gasteiger partial charge in [-0.2, -0.15) is 0 Å². The van der Waals surface area contributed by atoms with E-state index in [9.17, 15) is 4.39 Å². The van der Waals surface area contributed by atoms with E-state index in [-0.39, 0.29) is 5.82 Å². The van der Waals surface area contributed by atoms with Gasteiger partial charge in [-0.15, -0.1) is 0 Å². The fraction of sp³-hybridized carbons (Fsp3) is 0.600. The second-order valence-electron chi connectivity index (χ2n) is 4.66. The number of hydrogen-bond acceptors (Lipinski definition) is 1. The number of halogens is 1. The summed E-state index contributed by atoms with van der Waals surface area (Å²) in [5.41, 5.74) is 1.12. The van der Waals surface area contributed by atoms with Gasteiger partial charge in [0.2, 0.25) is 0 Å². The van der Waals surface area contributed by atoms with Gasteiger partial charge in [-0.25, -0.2) is 4.39 Å². The van der Waals surface area contributed by atoms with Crippen molar-refractivity contribution in [3.05, 3.63) is 35.6 Å². The Kier molecular flexibility index (Phi) is 6.87. The quantitative estimate of drug-likeness (QED) is 0.671. The fourth-order valence-corrected chi connectivity index (χ4v) is 2.21. The lowest BCUT2D eigenvalue weighted by atomic mass is 9.93. The lowest BCUT2D eigenvalue weighted by Crippen LogP contribution is -2.17. The Morgan fingerprint density at radius 1 is 1.24 bits per heavy atom. The summed E-state index contributed by atoms with van der Waals surface area (Å²) in [7, 11) is 1.96. The van der Waals surface area contributed by atoms with Crippen LogP contribution >= 0.6 is 0 Å². The largest absolute Gasteiger partial charge is 0.319 e. The van der Waals surface area contributed by atoms with Crippen LogP contribution in [0.4, 0.5) is 4.39 Å². The van der Waals surface area contributed by atoms with Crippen molar-refractivity contribution in [2.75, 3.05) is 13.6 Å². The molecule has 0 fully saturated rings. The molecule has 0 saturated heterocycles. The van der Waals surface area contributed by atoms with Gasteiger partial charge >= 0.3 is 0 Å². The Hall–Kier alpha value is -0.890. The van der Waals surface area contributed by atoms with E-state index >= 15 is 0 Å². The molecular weight excluding hydrogens is 213 g/mol. The Bertz CT molecular complexity index is 312. The molecule has 96 valence electrons. The van der Waals surface area contributed by atoms with Crippen molar-refractivity contribution in [1.82, 2.24) is 5.32 Å². The van der Waals surface area contributed by atoms with Gasteiger partial charge in [-0.3, -0.25) is 0 Å². The van der Waals surface area contributed by atoms with Gasteiger partial charge in [0.25, 0.3) is 0 Å². The van der Waals surface area contributed by atoms with Gasteiger partial charge in [-0.05, 0) is 37.1 Å². The Morgan fingerprint density at radius 3 is 2.71 bits per heavy atom. The van der Waals surface area contributed by atoms with Crippen molar-refractivity contribution in [1.29, 1.82) is 0 Å². The molecule has 1 unspecified atom stereocenters. The number of rotatable bonds is 8. The van der Waals surface area contributed by atoms with Gasteiger partial charge in [0, 0.05) is 6.54 Å². The monoisotopic (exact) mass is 237 g/mol. The number of nitrogens with one attached hydrogen (secondary N) is 1. The van der Waals surface area contributed by atoms with Crippen molar-refractivity contribution in [2.45, 2.75) is 44.9 Å². The third-order valence-electron chi connectivity index (χ3n) is 3.18. The molecule has 17 heavy (non-hydrogen) atoms. The minimum atomic E-state index is -0.128. The summed E-state index contributed by atoms with van der Waals surface area (Å²) in [6.45, 7) is 3.15. The zero-order valence-corrected chi connectivity index (χ0v) is 11.0. The van der Waals surface area contributed by atoms with E-state index in [1.165, 1.54) is 31.7 Å². The lowest BCUT2D eigenvalue weighted by Gasteiger charge is -2.17. The van der Waals surface area contributed by atoms with Crippen LogP contribution in [0.15, 0.2) is 24.3 Å². The molecular formula is C15H24FN. The van der Waals surface area contributed by atoms with E-state index in [0.717, 1.165) is 18.5 Å². The zero-order valence-electron chi connectivity index (χ0n) is 11.0. The van der Waals surface area contributed by atoms with Crippen LogP contribution in [0.5, 0.6) is 0 Å². The van der Waals surface area contributed by atoms with Gasteiger partial charge in [0.15, 0.2) is 0 Å². The van der Waals surface area contributed by atoms with Crippen molar-refractivity contribution < 1.29 is 4.39 Å². The van der Waals surface area contributed by atoms with E-state index in [1.54, 1.807) is 12.1 Å². The second-order valence-corrected chi connectivity index (χ2v) is 4.66. The predicted octanol–water partition coefficient (Wildman–Crippen LogP) is 4.10. The molecule has 0 spiro atoms. The lowest BCUT2D eigenvalue weighted by molar-refractivity contribution is 0.529. The van der Waals surface area contributed by atoms with Crippen molar-refractivity contribution in [2.24, 2.45) is 0 Å². The highest BCUT2D eigenvalue weighted by Crippen LogP contribution is 2.22. The summed E-state index contributed by atoms with van der Waals surface area (Å²) in [6, 6.07) is 7.02. The summed E-state index contributed by atoms with van der Waals surface area (Å²) in [5.74, 6) is 0.310. The Labute approximate surface area is 104 Å². The van der Waals surface area contributed by atoms with Crippen LogP contribution in [0.3, 0.4) is 0 Å². The average molecular weight is 237 g/mol. The average Bonchev–Trinajstić information content (AvgIpc) is 2.33. The van der Waals surface area contributed by atoms with Crippen LogP contribution in [0.1, 0.15) is 50.5 Å². The van der Waals surface area contributed by atoms with E-state index in [4.69, 9.17) is 0 Å².